The number of likely N-dealkylation sites (N-methyl/N-ethyl adjacent to an activating group) is 1. The molecule has 1 N–H and O–H groups in total. The minimum atomic E-state index is -0.155. The number of hydrogen-bond acceptors (Lipinski definition) is 2. The van der Waals surface area contributed by atoms with Crippen molar-refractivity contribution in [3.63, 3.8) is 0 Å². The molecule has 0 saturated heterocycles. The highest BCUT2D eigenvalue weighted by atomic mass is 16.3. The van der Waals surface area contributed by atoms with Crippen LogP contribution in [-0.2, 0) is 0 Å². The van der Waals surface area contributed by atoms with Crippen LogP contribution in [0.25, 0.3) is 0 Å². The molecule has 0 bridgehead atoms. The lowest BCUT2D eigenvalue weighted by atomic mass is 9.72. The van der Waals surface area contributed by atoms with Crippen LogP contribution in [0.2, 0.25) is 0 Å². The first-order chi connectivity index (χ1) is 7.53. The molecule has 16 heavy (non-hydrogen) atoms. The third-order valence-electron chi connectivity index (χ3n) is 4.16. The van der Waals surface area contributed by atoms with E-state index < -0.39 is 0 Å². The van der Waals surface area contributed by atoms with Gasteiger partial charge in [0.25, 0.3) is 0 Å². The lowest BCUT2D eigenvalue weighted by Crippen LogP contribution is -2.52. The maximum atomic E-state index is 10.5. The van der Waals surface area contributed by atoms with Crippen LogP contribution in [0.5, 0.6) is 0 Å². The Morgan fingerprint density at radius 3 is 2.56 bits per heavy atom. The van der Waals surface area contributed by atoms with Crippen LogP contribution in [0.15, 0.2) is 0 Å². The molecule has 1 saturated carbocycles. The van der Waals surface area contributed by atoms with Crippen LogP contribution in [0.1, 0.15) is 59.8 Å². The van der Waals surface area contributed by atoms with Crippen molar-refractivity contribution >= 4 is 0 Å². The molecule has 0 amide bonds. The second-order valence-corrected chi connectivity index (χ2v) is 5.88. The molecule has 0 aromatic rings. The maximum Gasteiger partial charge on any atom is 0.0746 e. The fraction of sp³-hybridized carbons (Fsp3) is 1.00. The zero-order valence-corrected chi connectivity index (χ0v) is 11.5. The van der Waals surface area contributed by atoms with E-state index in [1.165, 1.54) is 25.7 Å². The van der Waals surface area contributed by atoms with Gasteiger partial charge in [0.2, 0.25) is 0 Å². The predicted octanol–water partition coefficient (Wildman–Crippen LogP) is 3.05. The third kappa shape index (κ3) is 3.21. The Bertz CT molecular complexity index is 203. The average Bonchev–Trinajstić information content (AvgIpc) is 2.25. The summed E-state index contributed by atoms with van der Waals surface area (Å²) in [7, 11) is 0. The monoisotopic (exact) mass is 227 g/mol. The van der Waals surface area contributed by atoms with Crippen LogP contribution < -0.4 is 0 Å². The minimum Gasteiger partial charge on any atom is -0.391 e. The van der Waals surface area contributed by atoms with Gasteiger partial charge in [0, 0.05) is 6.04 Å². The van der Waals surface area contributed by atoms with Gasteiger partial charge in [-0.1, -0.05) is 40.5 Å². The van der Waals surface area contributed by atoms with Gasteiger partial charge in [-0.2, -0.15) is 0 Å². The van der Waals surface area contributed by atoms with Gasteiger partial charge in [0.05, 0.1) is 6.10 Å². The Balaban J connectivity index is 2.61. The molecular weight excluding hydrogens is 198 g/mol. The predicted molar refractivity (Wildman–Crippen MR) is 69.6 cm³/mol. The molecule has 0 radical (unpaired) electrons. The van der Waals surface area contributed by atoms with Gasteiger partial charge in [0.1, 0.15) is 0 Å². The van der Waals surface area contributed by atoms with Crippen molar-refractivity contribution in [2.45, 2.75) is 71.9 Å². The summed E-state index contributed by atoms with van der Waals surface area (Å²) in [6, 6.07) is 0.389. The van der Waals surface area contributed by atoms with Gasteiger partial charge in [-0.05, 0) is 37.8 Å². The second kappa shape index (κ2) is 6.02. The van der Waals surface area contributed by atoms with Crippen molar-refractivity contribution in [3.05, 3.63) is 0 Å². The maximum absolute atomic E-state index is 10.5. The Labute approximate surface area is 101 Å². The number of unbranched alkanes of at least 4 members (excludes halogenated alkanes) is 1. The third-order valence-corrected chi connectivity index (χ3v) is 4.16. The van der Waals surface area contributed by atoms with Gasteiger partial charge in [0.15, 0.2) is 0 Å². The van der Waals surface area contributed by atoms with E-state index in [9.17, 15) is 5.11 Å². The van der Waals surface area contributed by atoms with Gasteiger partial charge in [-0.3, -0.25) is 4.90 Å². The summed E-state index contributed by atoms with van der Waals surface area (Å²) in [5, 5.41) is 10.5. The lowest BCUT2D eigenvalue weighted by molar-refractivity contribution is -0.0562. The Kier molecular flexibility index (Phi) is 5.26. The molecule has 1 aliphatic carbocycles. The van der Waals surface area contributed by atoms with E-state index in [-0.39, 0.29) is 11.5 Å². The smallest absolute Gasteiger partial charge is 0.0746 e. The highest BCUT2D eigenvalue weighted by Crippen LogP contribution is 2.37. The number of aliphatic hydroxyl groups is 1. The second-order valence-electron chi connectivity index (χ2n) is 5.88. The van der Waals surface area contributed by atoms with Crippen molar-refractivity contribution < 1.29 is 5.11 Å². The molecule has 2 unspecified atom stereocenters. The summed E-state index contributed by atoms with van der Waals surface area (Å²) in [4.78, 5) is 2.48. The van der Waals surface area contributed by atoms with Crippen molar-refractivity contribution in [2.75, 3.05) is 13.1 Å². The first kappa shape index (κ1) is 14.0. The molecule has 0 aromatic carbocycles. The average molecular weight is 227 g/mol. The van der Waals surface area contributed by atoms with Gasteiger partial charge in [-0.15, -0.1) is 0 Å². The molecule has 2 atom stereocenters. The summed E-state index contributed by atoms with van der Waals surface area (Å²) in [6.07, 6.45) is 5.92. The molecule has 1 fully saturated rings. The van der Waals surface area contributed by atoms with Gasteiger partial charge < -0.3 is 5.11 Å². The first-order valence-corrected chi connectivity index (χ1v) is 6.95. The van der Waals surface area contributed by atoms with Crippen LogP contribution in [-0.4, -0.2) is 35.2 Å². The quantitative estimate of drug-likeness (QED) is 0.780. The number of rotatable bonds is 5. The molecule has 0 spiro atoms. The highest BCUT2D eigenvalue weighted by molar-refractivity contribution is 4.93. The normalized spacial score (nSPS) is 29.6. The van der Waals surface area contributed by atoms with E-state index in [4.69, 9.17) is 0 Å². The SMILES string of the molecule is CCCCN(CC)C1CCCC(C)(C)C1O. The topological polar surface area (TPSA) is 23.5 Å². The van der Waals surface area contributed by atoms with Crippen molar-refractivity contribution in [2.24, 2.45) is 5.41 Å². The van der Waals surface area contributed by atoms with E-state index in [1.54, 1.807) is 0 Å². The van der Waals surface area contributed by atoms with Crippen LogP contribution in [0.4, 0.5) is 0 Å². The molecule has 1 aliphatic rings. The fourth-order valence-electron chi connectivity index (χ4n) is 2.90. The number of aliphatic hydroxyl groups excluding tert-OH is 1. The number of nitrogens with zero attached hydrogens (tertiary/aromatic N) is 1. The van der Waals surface area contributed by atoms with Gasteiger partial charge in [-0.25, -0.2) is 0 Å². The summed E-state index contributed by atoms with van der Waals surface area (Å²) < 4.78 is 0. The fourth-order valence-corrected chi connectivity index (χ4v) is 2.90. The first-order valence-electron chi connectivity index (χ1n) is 6.95. The van der Waals surface area contributed by atoms with E-state index >= 15 is 0 Å². The molecule has 2 heteroatoms. The van der Waals surface area contributed by atoms with Crippen molar-refractivity contribution in [1.29, 1.82) is 0 Å². The molecular formula is C14H29NO. The van der Waals surface area contributed by atoms with Crippen molar-refractivity contribution in [1.82, 2.24) is 4.90 Å². The van der Waals surface area contributed by atoms with Crippen LogP contribution in [0.3, 0.4) is 0 Å². The van der Waals surface area contributed by atoms with Crippen LogP contribution in [0, 0.1) is 5.41 Å². The molecule has 96 valence electrons. The molecule has 2 nitrogen and oxygen atoms in total. The lowest BCUT2D eigenvalue weighted by Gasteiger charge is -2.45. The Hall–Kier alpha value is -0.0800. The summed E-state index contributed by atoms with van der Waals surface area (Å²) in [6.45, 7) is 11.1. The molecule has 0 heterocycles. The summed E-state index contributed by atoms with van der Waals surface area (Å²) in [5.41, 5.74) is 0.0998. The molecule has 1 rings (SSSR count). The summed E-state index contributed by atoms with van der Waals surface area (Å²) in [5.74, 6) is 0. The highest BCUT2D eigenvalue weighted by Gasteiger charge is 2.39. The molecule has 0 aromatic heterocycles. The Morgan fingerprint density at radius 2 is 2.00 bits per heavy atom. The number of hydrogen-bond donors (Lipinski definition) is 1. The van der Waals surface area contributed by atoms with Crippen molar-refractivity contribution in [3.8, 4) is 0 Å². The summed E-state index contributed by atoms with van der Waals surface area (Å²) >= 11 is 0. The standard InChI is InChI=1S/C14H29NO/c1-5-7-11-15(6-2)12-9-8-10-14(3,4)13(12)16/h12-13,16H,5-11H2,1-4H3. The van der Waals surface area contributed by atoms with Crippen LogP contribution >= 0.6 is 0 Å². The minimum absolute atomic E-state index is 0.0998. The Morgan fingerprint density at radius 1 is 1.31 bits per heavy atom. The van der Waals surface area contributed by atoms with E-state index in [2.05, 4.69) is 32.6 Å². The van der Waals surface area contributed by atoms with E-state index in [1.807, 2.05) is 0 Å². The van der Waals surface area contributed by atoms with E-state index in [0.717, 1.165) is 19.5 Å². The van der Waals surface area contributed by atoms with Gasteiger partial charge >= 0.3 is 0 Å². The zero-order chi connectivity index (χ0) is 12.2. The molecule has 0 aliphatic heterocycles. The largest absolute Gasteiger partial charge is 0.391 e. The van der Waals surface area contributed by atoms with E-state index in [0.29, 0.717) is 6.04 Å². The zero-order valence-electron chi connectivity index (χ0n) is 11.5.